The second-order valence-electron chi connectivity index (χ2n) is 1.42. The summed E-state index contributed by atoms with van der Waals surface area (Å²) < 4.78 is 11.4. The van der Waals surface area contributed by atoms with Crippen LogP contribution in [-0.4, -0.2) is 0 Å². The highest BCUT2D eigenvalue weighted by molar-refractivity contribution is 5.32. The molecule has 0 spiro atoms. The Morgan fingerprint density at radius 1 is 1.12 bits per heavy atom. The van der Waals surface area contributed by atoms with Crippen LogP contribution >= 0.6 is 0 Å². The zero-order chi connectivity index (χ0) is 5.82. The van der Waals surface area contributed by atoms with Crippen LogP contribution in [0.3, 0.4) is 0 Å². The largest absolute Gasteiger partial charge is 0.0960 e. The van der Waals surface area contributed by atoms with E-state index in [1.54, 1.807) is 24.3 Å². The molecule has 0 saturated heterocycles. The summed E-state index contributed by atoms with van der Waals surface area (Å²) in [5.41, 5.74) is 2.84. The van der Waals surface area contributed by atoms with Gasteiger partial charge in [-0.2, -0.15) is 0 Å². The van der Waals surface area contributed by atoms with E-state index in [0.717, 1.165) is 0 Å². The smallest absolute Gasteiger partial charge is 0.0876 e. The molecule has 0 aliphatic carbocycles. The molecule has 0 N–H and O–H groups in total. The van der Waals surface area contributed by atoms with Crippen molar-refractivity contribution in [1.29, 1.82) is 0 Å². The highest BCUT2D eigenvalue weighted by Crippen LogP contribution is 2.03. The van der Waals surface area contributed by atoms with Gasteiger partial charge in [-0.05, 0) is 12.1 Å². The second kappa shape index (κ2) is 2.31. The highest BCUT2D eigenvalue weighted by atomic mass is 19.2. The van der Waals surface area contributed by atoms with Gasteiger partial charge in [0.15, 0.2) is 0 Å². The molecule has 0 heterocycles. The van der Waals surface area contributed by atoms with Crippen LogP contribution in [0.4, 0.5) is 10.2 Å². The van der Waals surface area contributed by atoms with Gasteiger partial charge in [0.05, 0.1) is 5.69 Å². The zero-order valence-electron chi connectivity index (χ0n) is 4.21. The lowest BCUT2D eigenvalue weighted by molar-refractivity contribution is 0.402. The van der Waals surface area contributed by atoms with E-state index >= 15 is 0 Å². The molecule has 1 rings (SSSR count). The molecule has 0 saturated carbocycles. The van der Waals surface area contributed by atoms with Crippen LogP contribution < -0.4 is 5.54 Å². The number of hydrogen-bond donors (Lipinski definition) is 0. The van der Waals surface area contributed by atoms with Crippen molar-refractivity contribution >= 4 is 5.69 Å². The summed E-state index contributed by atoms with van der Waals surface area (Å²) in [6.07, 6.45) is 0. The van der Waals surface area contributed by atoms with Crippen molar-refractivity contribution in [2.24, 2.45) is 0 Å². The topological polar surface area (TPSA) is 14.1 Å². The fourth-order valence-corrected chi connectivity index (χ4v) is 0.484. The van der Waals surface area contributed by atoms with E-state index in [-0.39, 0.29) is 0 Å². The molecule has 41 valence electrons. The Morgan fingerprint density at radius 2 is 1.75 bits per heavy atom. The predicted octanol–water partition coefficient (Wildman–Crippen LogP) is 1.81. The summed E-state index contributed by atoms with van der Waals surface area (Å²) >= 11 is 0. The number of benzene rings is 1. The van der Waals surface area contributed by atoms with E-state index in [2.05, 4.69) is 5.54 Å². The molecule has 0 atom stereocenters. The molecule has 1 aromatic rings. The standard InChI is InChI=1S/C6H5FN/c7-8-6-4-2-1-3-5-6/h1-5H. The van der Waals surface area contributed by atoms with Gasteiger partial charge in [0.25, 0.3) is 0 Å². The summed E-state index contributed by atoms with van der Waals surface area (Å²) in [6, 6.07) is 8.48. The Labute approximate surface area is 47.1 Å². The van der Waals surface area contributed by atoms with Gasteiger partial charge < -0.3 is 0 Å². The van der Waals surface area contributed by atoms with Crippen LogP contribution in [0.2, 0.25) is 0 Å². The molecule has 1 nitrogen and oxygen atoms in total. The van der Waals surface area contributed by atoms with Gasteiger partial charge in [0.1, 0.15) is 0 Å². The lowest BCUT2D eigenvalue weighted by atomic mass is 10.3. The van der Waals surface area contributed by atoms with Crippen molar-refractivity contribution in [3.63, 3.8) is 0 Å². The second-order valence-corrected chi connectivity index (χ2v) is 1.42. The number of hydrogen-bond acceptors (Lipinski definition) is 0. The minimum atomic E-state index is 0.368. The average Bonchev–Trinajstić information content (AvgIpc) is 1.90. The van der Waals surface area contributed by atoms with Gasteiger partial charge >= 0.3 is 0 Å². The average molecular weight is 110 g/mol. The molecular weight excluding hydrogens is 105 g/mol. The monoisotopic (exact) mass is 110 g/mol. The van der Waals surface area contributed by atoms with Crippen LogP contribution in [-0.2, 0) is 0 Å². The Morgan fingerprint density at radius 3 is 2.12 bits per heavy atom. The molecule has 0 fully saturated rings. The summed E-state index contributed by atoms with van der Waals surface area (Å²) in [4.78, 5) is 0. The Balaban J connectivity index is 2.83. The van der Waals surface area contributed by atoms with Crippen molar-refractivity contribution in [3.8, 4) is 0 Å². The molecule has 0 unspecified atom stereocenters. The Hall–Kier alpha value is -1.05. The molecular formula is C6H5FN. The Bertz CT molecular complexity index is 150. The van der Waals surface area contributed by atoms with Crippen molar-refractivity contribution < 1.29 is 4.48 Å². The fourth-order valence-electron chi connectivity index (χ4n) is 0.484. The lowest BCUT2D eigenvalue weighted by Gasteiger charge is -1.85. The minimum absolute atomic E-state index is 0.368. The summed E-state index contributed by atoms with van der Waals surface area (Å²) in [6.45, 7) is 0. The number of halogens is 1. The number of rotatable bonds is 1. The first-order valence-corrected chi connectivity index (χ1v) is 2.30. The molecule has 2 heteroatoms. The molecule has 0 amide bonds. The van der Waals surface area contributed by atoms with Crippen LogP contribution in [0.25, 0.3) is 0 Å². The van der Waals surface area contributed by atoms with Gasteiger partial charge in [0.2, 0.25) is 0 Å². The SMILES string of the molecule is F[N]c1ccccc1. The first kappa shape index (κ1) is 5.09. The van der Waals surface area contributed by atoms with Crippen molar-refractivity contribution in [3.05, 3.63) is 30.3 Å². The van der Waals surface area contributed by atoms with Gasteiger partial charge in [-0.25, -0.2) is 0 Å². The molecule has 0 aliphatic heterocycles. The third-order valence-corrected chi connectivity index (χ3v) is 0.854. The summed E-state index contributed by atoms with van der Waals surface area (Å²) in [5.74, 6) is 0. The molecule has 8 heavy (non-hydrogen) atoms. The van der Waals surface area contributed by atoms with Crippen molar-refractivity contribution in [2.75, 3.05) is 0 Å². The summed E-state index contributed by atoms with van der Waals surface area (Å²) in [7, 11) is 0. The molecule has 0 bridgehead atoms. The maximum Gasteiger partial charge on any atom is 0.0960 e. The Kier molecular flexibility index (Phi) is 1.47. The van der Waals surface area contributed by atoms with Gasteiger partial charge in [-0.3, -0.25) is 0 Å². The first-order valence-electron chi connectivity index (χ1n) is 2.30. The first-order chi connectivity index (χ1) is 3.93. The van der Waals surface area contributed by atoms with E-state index in [4.69, 9.17) is 0 Å². The third-order valence-electron chi connectivity index (χ3n) is 0.854. The van der Waals surface area contributed by atoms with E-state index in [1.807, 2.05) is 6.07 Å². The maximum absolute atomic E-state index is 11.4. The van der Waals surface area contributed by atoms with Crippen molar-refractivity contribution in [2.45, 2.75) is 0 Å². The van der Waals surface area contributed by atoms with Crippen LogP contribution in [0.15, 0.2) is 30.3 Å². The van der Waals surface area contributed by atoms with Crippen LogP contribution in [0.1, 0.15) is 0 Å². The van der Waals surface area contributed by atoms with Crippen LogP contribution in [0, 0.1) is 0 Å². The van der Waals surface area contributed by atoms with Gasteiger partial charge in [-0.1, -0.05) is 28.2 Å². The quantitative estimate of drug-likeness (QED) is 0.523. The van der Waals surface area contributed by atoms with Gasteiger partial charge in [-0.15, -0.1) is 0 Å². The lowest BCUT2D eigenvalue weighted by Crippen LogP contribution is -1.75. The maximum atomic E-state index is 11.4. The minimum Gasteiger partial charge on any atom is -0.0876 e. The molecule has 0 aliphatic rings. The number of nitrogens with zero attached hydrogens (tertiary/aromatic N) is 1. The molecule has 0 aromatic heterocycles. The van der Waals surface area contributed by atoms with Crippen LogP contribution in [0.5, 0.6) is 0 Å². The normalized spacial score (nSPS) is 8.62. The fraction of sp³-hybridized carbons (Fsp3) is 0. The van der Waals surface area contributed by atoms with Gasteiger partial charge in [0, 0.05) is 0 Å². The van der Waals surface area contributed by atoms with E-state index in [9.17, 15) is 4.48 Å². The molecule has 1 radical (unpaired) electrons. The zero-order valence-corrected chi connectivity index (χ0v) is 4.21. The third kappa shape index (κ3) is 0.964. The van der Waals surface area contributed by atoms with E-state index < -0.39 is 0 Å². The van der Waals surface area contributed by atoms with E-state index in [1.165, 1.54) is 0 Å². The summed E-state index contributed by atoms with van der Waals surface area (Å²) in [5, 5.41) is 0. The molecule has 1 aromatic carbocycles. The predicted molar refractivity (Wildman–Crippen MR) is 29.3 cm³/mol. The highest BCUT2D eigenvalue weighted by Gasteiger charge is 1.84. The van der Waals surface area contributed by atoms with Crippen molar-refractivity contribution in [1.82, 2.24) is 5.54 Å². The van der Waals surface area contributed by atoms with E-state index in [0.29, 0.717) is 5.69 Å².